The molecule has 2 N–H and O–H groups in total. The Morgan fingerprint density at radius 3 is 2.19 bits per heavy atom. The Kier molecular flexibility index (Phi) is 5.34. The van der Waals surface area contributed by atoms with E-state index in [4.69, 9.17) is 10.7 Å². The van der Waals surface area contributed by atoms with Gasteiger partial charge in [-0.25, -0.2) is 9.50 Å². The number of amides is 1. The van der Waals surface area contributed by atoms with E-state index in [-0.39, 0.29) is 17.3 Å². The van der Waals surface area contributed by atoms with E-state index in [1.807, 2.05) is 66.9 Å². The average molecular weight is 475 g/mol. The molecule has 0 unspecified atom stereocenters. The SMILES string of the molecule is CN(C(=O)c1nc2nc(-c3ccc(C4(N)CCC4)cc3)c(-c3ccccc3)cn2n1)c1ccccc1. The number of anilines is 1. The van der Waals surface area contributed by atoms with Crippen molar-refractivity contribution in [2.45, 2.75) is 24.8 Å². The zero-order chi connectivity index (χ0) is 24.7. The van der Waals surface area contributed by atoms with E-state index in [1.165, 1.54) is 11.3 Å². The summed E-state index contributed by atoms with van der Waals surface area (Å²) >= 11 is 0. The van der Waals surface area contributed by atoms with E-state index in [0.29, 0.717) is 5.78 Å². The van der Waals surface area contributed by atoms with Crippen LogP contribution in [0.5, 0.6) is 0 Å². The first kappa shape index (κ1) is 22.1. The first-order valence-corrected chi connectivity index (χ1v) is 12.1. The molecule has 36 heavy (non-hydrogen) atoms. The number of carbonyl (C=O) groups is 1. The molecule has 1 saturated carbocycles. The van der Waals surface area contributed by atoms with E-state index >= 15 is 0 Å². The van der Waals surface area contributed by atoms with E-state index in [9.17, 15) is 4.79 Å². The van der Waals surface area contributed by atoms with E-state index in [2.05, 4.69) is 34.3 Å². The zero-order valence-corrected chi connectivity index (χ0v) is 20.0. The molecule has 0 saturated heterocycles. The molecule has 1 fully saturated rings. The molecule has 5 aromatic rings. The Hall–Kier alpha value is -4.36. The van der Waals surface area contributed by atoms with Crippen LogP contribution >= 0.6 is 0 Å². The van der Waals surface area contributed by atoms with E-state index in [0.717, 1.165) is 46.5 Å². The maximum atomic E-state index is 13.1. The second kappa shape index (κ2) is 8.70. The van der Waals surface area contributed by atoms with Crippen molar-refractivity contribution < 1.29 is 4.79 Å². The highest BCUT2D eigenvalue weighted by Crippen LogP contribution is 2.39. The minimum atomic E-state index is -0.299. The molecule has 2 heterocycles. The van der Waals surface area contributed by atoms with Crippen LogP contribution in [0.25, 0.3) is 28.2 Å². The lowest BCUT2D eigenvalue weighted by molar-refractivity contribution is 0.0983. The molecule has 1 aliphatic carbocycles. The highest BCUT2D eigenvalue weighted by molar-refractivity contribution is 6.03. The largest absolute Gasteiger partial charge is 0.321 e. The van der Waals surface area contributed by atoms with Crippen molar-refractivity contribution in [2.75, 3.05) is 11.9 Å². The van der Waals surface area contributed by atoms with E-state index in [1.54, 1.807) is 11.6 Å². The second-order valence-corrected chi connectivity index (χ2v) is 9.34. The third kappa shape index (κ3) is 3.83. The molecular formula is C29H26N6O. The fourth-order valence-electron chi connectivity index (χ4n) is 4.69. The summed E-state index contributed by atoms with van der Waals surface area (Å²) in [5.74, 6) is 0.163. The number of benzene rings is 3. The number of para-hydroxylation sites is 1. The summed E-state index contributed by atoms with van der Waals surface area (Å²) in [5, 5.41) is 4.48. The van der Waals surface area contributed by atoms with Gasteiger partial charge in [0.15, 0.2) is 0 Å². The Labute approximate surface area is 209 Å². The van der Waals surface area contributed by atoms with Crippen LogP contribution in [-0.4, -0.2) is 32.5 Å². The maximum Gasteiger partial charge on any atom is 0.297 e. The van der Waals surface area contributed by atoms with Crippen molar-refractivity contribution in [3.05, 3.63) is 103 Å². The number of nitrogens with two attached hydrogens (primary N) is 1. The van der Waals surface area contributed by atoms with Gasteiger partial charge in [0.05, 0.1) is 5.69 Å². The third-order valence-corrected chi connectivity index (χ3v) is 7.03. The van der Waals surface area contributed by atoms with Crippen LogP contribution in [0.3, 0.4) is 0 Å². The van der Waals surface area contributed by atoms with Gasteiger partial charge >= 0.3 is 0 Å². The number of fused-ring (bicyclic) bond motifs is 1. The highest BCUT2D eigenvalue weighted by atomic mass is 16.2. The molecular weight excluding hydrogens is 448 g/mol. The van der Waals surface area contributed by atoms with Gasteiger partial charge in [-0.3, -0.25) is 4.79 Å². The van der Waals surface area contributed by atoms with Gasteiger partial charge in [-0.05, 0) is 42.5 Å². The van der Waals surface area contributed by atoms with Gasteiger partial charge in [-0.15, -0.1) is 5.10 Å². The van der Waals surface area contributed by atoms with Gasteiger partial charge in [0.1, 0.15) is 0 Å². The van der Waals surface area contributed by atoms with Crippen molar-refractivity contribution in [3.8, 4) is 22.4 Å². The topological polar surface area (TPSA) is 89.4 Å². The molecule has 0 spiro atoms. The molecule has 7 heteroatoms. The Morgan fingerprint density at radius 2 is 1.56 bits per heavy atom. The lowest BCUT2D eigenvalue weighted by atomic mass is 9.72. The molecule has 178 valence electrons. The van der Waals surface area contributed by atoms with Gasteiger partial charge in [0.25, 0.3) is 11.7 Å². The van der Waals surface area contributed by atoms with Gasteiger partial charge < -0.3 is 10.6 Å². The minimum absolute atomic E-state index is 0.0930. The lowest BCUT2D eigenvalue weighted by Crippen LogP contribution is -2.43. The summed E-state index contributed by atoms with van der Waals surface area (Å²) in [6.45, 7) is 0. The molecule has 0 aliphatic heterocycles. The standard InChI is InChI=1S/C29H26N6O/c1-34(23-11-6-3-7-12-23)27(36)26-32-28-31-25(21-13-15-22(16-14-21)29(30)17-8-18-29)24(19-35(28)33-26)20-9-4-2-5-10-20/h2-7,9-16,19H,8,17-18,30H2,1H3. The monoisotopic (exact) mass is 474 g/mol. The Morgan fingerprint density at radius 1 is 0.889 bits per heavy atom. The first-order valence-electron chi connectivity index (χ1n) is 12.1. The number of hydrogen-bond donors (Lipinski definition) is 1. The molecule has 1 amide bonds. The highest BCUT2D eigenvalue weighted by Gasteiger charge is 2.34. The molecule has 0 bridgehead atoms. The van der Waals surface area contributed by atoms with Crippen molar-refractivity contribution in [1.29, 1.82) is 0 Å². The zero-order valence-electron chi connectivity index (χ0n) is 20.0. The Balaban J connectivity index is 1.43. The van der Waals surface area contributed by atoms with E-state index < -0.39 is 0 Å². The maximum absolute atomic E-state index is 13.1. The molecule has 2 aromatic heterocycles. The molecule has 7 nitrogen and oxygen atoms in total. The Bertz CT molecular complexity index is 1540. The molecule has 0 atom stereocenters. The third-order valence-electron chi connectivity index (χ3n) is 7.03. The summed E-state index contributed by atoms with van der Waals surface area (Å²) in [6.07, 6.45) is 5.09. The van der Waals surface area contributed by atoms with Gasteiger partial charge in [-0.2, -0.15) is 4.98 Å². The van der Waals surface area contributed by atoms with Crippen LogP contribution in [0, 0.1) is 0 Å². The van der Waals surface area contributed by atoms with Gasteiger partial charge in [0, 0.05) is 35.6 Å². The van der Waals surface area contributed by atoms with Crippen LogP contribution in [0.2, 0.25) is 0 Å². The summed E-state index contributed by atoms with van der Waals surface area (Å²) < 4.78 is 1.58. The summed E-state index contributed by atoms with van der Waals surface area (Å²) in [5.41, 5.74) is 11.9. The average Bonchev–Trinajstić information content (AvgIpc) is 3.34. The lowest BCUT2D eigenvalue weighted by Gasteiger charge is -2.38. The van der Waals surface area contributed by atoms with Gasteiger partial charge in [0.2, 0.25) is 5.82 Å². The summed E-state index contributed by atoms with van der Waals surface area (Å²) in [4.78, 5) is 24.0. The smallest absolute Gasteiger partial charge is 0.297 e. The number of hydrogen-bond acceptors (Lipinski definition) is 5. The normalized spacial score (nSPS) is 14.4. The second-order valence-electron chi connectivity index (χ2n) is 9.34. The predicted molar refractivity (Wildman–Crippen MR) is 141 cm³/mol. The first-order chi connectivity index (χ1) is 17.5. The van der Waals surface area contributed by atoms with Crippen LogP contribution in [0.15, 0.2) is 91.1 Å². The number of nitrogens with zero attached hydrogens (tertiary/aromatic N) is 5. The molecule has 0 radical (unpaired) electrons. The van der Waals surface area contributed by atoms with Gasteiger partial charge in [-0.1, -0.05) is 72.8 Å². The number of aromatic nitrogens is 4. The van der Waals surface area contributed by atoms with Crippen LogP contribution in [-0.2, 0) is 5.54 Å². The molecule has 3 aromatic carbocycles. The number of rotatable bonds is 5. The van der Waals surface area contributed by atoms with Crippen molar-refractivity contribution in [1.82, 2.24) is 19.6 Å². The van der Waals surface area contributed by atoms with Crippen LogP contribution < -0.4 is 10.6 Å². The summed E-state index contributed by atoms with van der Waals surface area (Å²) in [7, 11) is 1.71. The molecule has 1 aliphatic rings. The quantitative estimate of drug-likeness (QED) is 0.384. The molecule has 6 rings (SSSR count). The fourth-order valence-corrected chi connectivity index (χ4v) is 4.69. The van der Waals surface area contributed by atoms with Crippen molar-refractivity contribution >= 4 is 17.4 Å². The van der Waals surface area contributed by atoms with Crippen LogP contribution in [0.1, 0.15) is 35.4 Å². The van der Waals surface area contributed by atoms with Crippen LogP contribution in [0.4, 0.5) is 5.69 Å². The summed E-state index contributed by atoms with van der Waals surface area (Å²) in [6, 6.07) is 27.8. The predicted octanol–water partition coefficient (Wildman–Crippen LogP) is 5.07. The minimum Gasteiger partial charge on any atom is -0.321 e. The fraction of sp³-hybridized carbons (Fsp3) is 0.172. The van der Waals surface area contributed by atoms with Crippen molar-refractivity contribution in [2.24, 2.45) is 5.73 Å². The number of carbonyl (C=O) groups excluding carboxylic acids is 1. The van der Waals surface area contributed by atoms with Crippen molar-refractivity contribution in [3.63, 3.8) is 0 Å².